The molecule has 0 saturated heterocycles. The maximum atomic E-state index is 13.4. The van der Waals surface area contributed by atoms with Crippen LogP contribution in [0.25, 0.3) is 0 Å². The molecule has 1 aromatic carbocycles. The fourth-order valence-electron chi connectivity index (χ4n) is 4.21. The Hall–Kier alpha value is -2.32. The summed E-state index contributed by atoms with van der Waals surface area (Å²) in [5.74, 6) is -0.877. The molecule has 2 atom stereocenters. The third-order valence-electron chi connectivity index (χ3n) is 5.44. The first-order valence-electron chi connectivity index (χ1n) is 7.52. The van der Waals surface area contributed by atoms with E-state index >= 15 is 0 Å². The molecule has 0 aromatic heterocycles. The predicted molar refractivity (Wildman–Crippen MR) is 89.7 cm³/mol. The van der Waals surface area contributed by atoms with Gasteiger partial charge in [-0.05, 0) is 24.1 Å². The van der Waals surface area contributed by atoms with Gasteiger partial charge in [0.1, 0.15) is 0 Å². The van der Waals surface area contributed by atoms with E-state index in [4.69, 9.17) is 16.3 Å². The van der Waals surface area contributed by atoms with Gasteiger partial charge in [0.15, 0.2) is 0 Å². The van der Waals surface area contributed by atoms with Crippen LogP contribution in [0.1, 0.15) is 25.8 Å². The summed E-state index contributed by atoms with van der Waals surface area (Å²) in [4.78, 5) is 26.6. The van der Waals surface area contributed by atoms with Gasteiger partial charge >= 0.3 is 6.09 Å². The lowest BCUT2D eigenvalue weighted by molar-refractivity contribution is -0.126. The maximum Gasteiger partial charge on any atom is 0.420 e. The average molecular weight is 345 g/mol. The van der Waals surface area contributed by atoms with Crippen molar-refractivity contribution in [3.05, 3.63) is 40.9 Å². The molecule has 5 nitrogen and oxygen atoms in total. The molecule has 0 unspecified atom stereocenters. The Labute approximate surface area is 145 Å². The molecule has 1 spiro atoms. The topological polar surface area (TPSA) is 70.4 Å². The number of fused-ring (bicyclic) bond motifs is 2. The van der Waals surface area contributed by atoms with Crippen LogP contribution in [0.5, 0.6) is 0 Å². The monoisotopic (exact) mass is 344 g/mol. The largest absolute Gasteiger partial charge is 0.452 e. The average Bonchev–Trinajstić information content (AvgIpc) is 2.88. The summed E-state index contributed by atoms with van der Waals surface area (Å²) >= 11 is 6.08. The van der Waals surface area contributed by atoms with E-state index in [-0.39, 0.29) is 0 Å². The molecule has 1 aromatic rings. The number of halogens is 1. The summed E-state index contributed by atoms with van der Waals surface area (Å²) in [6.45, 7) is 7.74. The Morgan fingerprint density at radius 1 is 1.50 bits per heavy atom. The van der Waals surface area contributed by atoms with Crippen molar-refractivity contribution in [3.8, 4) is 6.07 Å². The Bertz CT molecular complexity index is 824. The van der Waals surface area contributed by atoms with E-state index in [1.165, 1.54) is 7.11 Å². The van der Waals surface area contributed by atoms with Crippen LogP contribution < -0.4 is 4.90 Å². The van der Waals surface area contributed by atoms with Crippen molar-refractivity contribution in [1.82, 2.24) is 0 Å². The molecule has 3 rings (SSSR count). The van der Waals surface area contributed by atoms with Crippen molar-refractivity contribution < 1.29 is 14.3 Å². The summed E-state index contributed by atoms with van der Waals surface area (Å²) in [5, 5.41) is 9.98. The van der Waals surface area contributed by atoms with Gasteiger partial charge < -0.3 is 4.74 Å². The number of ether oxygens (including phenoxy) is 1. The van der Waals surface area contributed by atoms with Gasteiger partial charge in [-0.1, -0.05) is 43.7 Å². The van der Waals surface area contributed by atoms with Gasteiger partial charge in [-0.3, -0.25) is 4.79 Å². The quantitative estimate of drug-likeness (QED) is 0.671. The Kier molecular flexibility index (Phi) is 3.50. The number of allylic oxidation sites excluding steroid dienone is 1. The second-order valence-corrected chi connectivity index (χ2v) is 7.23. The van der Waals surface area contributed by atoms with E-state index in [9.17, 15) is 14.9 Å². The highest BCUT2D eigenvalue weighted by atomic mass is 35.5. The van der Waals surface area contributed by atoms with Crippen LogP contribution in [-0.2, 0) is 14.9 Å². The number of imide groups is 1. The molecular weight excluding hydrogens is 328 g/mol. The summed E-state index contributed by atoms with van der Waals surface area (Å²) in [6.07, 6.45) is -0.443. The summed E-state index contributed by atoms with van der Waals surface area (Å²) in [6, 6.07) is 7.29. The smallest absolute Gasteiger partial charge is 0.420 e. The van der Waals surface area contributed by atoms with Crippen molar-refractivity contribution in [3.63, 3.8) is 0 Å². The van der Waals surface area contributed by atoms with Crippen molar-refractivity contribution in [1.29, 1.82) is 5.26 Å². The zero-order valence-corrected chi connectivity index (χ0v) is 14.5. The standard InChI is InChI=1S/C18H17ClN2O3/c1-10-8-18(17(2,3)13(10)9-20)12-6-5-11(19)7-14(12)21(15(18)22)16(23)24-4/h5-7,13H,1,8H2,2-4H3/t13-,18+/m1/s1. The zero-order valence-electron chi connectivity index (χ0n) is 13.7. The second-order valence-electron chi connectivity index (χ2n) is 6.80. The van der Waals surface area contributed by atoms with Crippen LogP contribution in [0.2, 0.25) is 5.02 Å². The number of amides is 2. The summed E-state index contributed by atoms with van der Waals surface area (Å²) in [7, 11) is 1.22. The molecule has 0 bridgehead atoms. The van der Waals surface area contributed by atoms with Gasteiger partial charge in [0, 0.05) is 10.4 Å². The minimum atomic E-state index is -1.03. The van der Waals surface area contributed by atoms with Crippen molar-refractivity contribution in [2.24, 2.45) is 11.3 Å². The number of rotatable bonds is 0. The van der Waals surface area contributed by atoms with Gasteiger partial charge in [-0.15, -0.1) is 0 Å². The van der Waals surface area contributed by atoms with Gasteiger partial charge in [0.2, 0.25) is 5.91 Å². The molecule has 1 saturated carbocycles. The third kappa shape index (κ3) is 1.75. The summed E-state index contributed by atoms with van der Waals surface area (Å²) < 4.78 is 4.79. The van der Waals surface area contributed by atoms with Crippen LogP contribution in [0.3, 0.4) is 0 Å². The fraction of sp³-hybridized carbons (Fsp3) is 0.389. The van der Waals surface area contributed by atoms with Crippen molar-refractivity contribution in [2.75, 3.05) is 12.0 Å². The first kappa shape index (κ1) is 16.5. The lowest BCUT2D eigenvalue weighted by Crippen LogP contribution is -2.50. The molecule has 1 aliphatic heterocycles. The molecule has 1 heterocycles. The van der Waals surface area contributed by atoms with E-state index < -0.39 is 28.7 Å². The van der Waals surface area contributed by atoms with Gasteiger partial charge in [0.25, 0.3) is 0 Å². The lowest BCUT2D eigenvalue weighted by Gasteiger charge is -2.38. The van der Waals surface area contributed by atoms with Crippen LogP contribution in [0, 0.1) is 22.7 Å². The van der Waals surface area contributed by atoms with Crippen LogP contribution >= 0.6 is 11.6 Å². The zero-order chi connectivity index (χ0) is 17.9. The fourth-order valence-corrected chi connectivity index (χ4v) is 4.38. The van der Waals surface area contributed by atoms with Crippen molar-refractivity contribution >= 4 is 29.3 Å². The third-order valence-corrected chi connectivity index (χ3v) is 5.67. The number of carbonyl (C=O) groups is 2. The molecule has 1 aliphatic carbocycles. The maximum absolute atomic E-state index is 13.4. The Balaban J connectivity index is 2.32. The molecule has 24 heavy (non-hydrogen) atoms. The van der Waals surface area contributed by atoms with Gasteiger partial charge in [-0.2, -0.15) is 5.26 Å². The molecule has 1 fully saturated rings. The Morgan fingerprint density at radius 2 is 2.17 bits per heavy atom. The predicted octanol–water partition coefficient (Wildman–Crippen LogP) is 3.82. The second kappa shape index (κ2) is 5.09. The molecule has 0 N–H and O–H groups in total. The van der Waals surface area contributed by atoms with Gasteiger partial charge in [-0.25, -0.2) is 9.69 Å². The summed E-state index contributed by atoms with van der Waals surface area (Å²) in [5.41, 5.74) is 0.0494. The number of anilines is 1. The number of carbonyl (C=O) groups excluding carboxylic acids is 2. The van der Waals surface area contributed by atoms with Crippen molar-refractivity contribution in [2.45, 2.75) is 25.7 Å². The normalized spacial score (nSPS) is 27.3. The number of nitriles is 1. The minimum Gasteiger partial charge on any atom is -0.452 e. The van der Waals surface area contributed by atoms with Crippen LogP contribution in [0.4, 0.5) is 10.5 Å². The number of hydrogen-bond acceptors (Lipinski definition) is 4. The van der Waals surface area contributed by atoms with E-state index in [0.29, 0.717) is 28.3 Å². The van der Waals surface area contributed by atoms with Crippen LogP contribution in [0.15, 0.2) is 30.4 Å². The van der Waals surface area contributed by atoms with E-state index in [1.807, 2.05) is 13.8 Å². The molecule has 124 valence electrons. The van der Waals surface area contributed by atoms with Crippen LogP contribution in [-0.4, -0.2) is 19.1 Å². The van der Waals surface area contributed by atoms with E-state index in [0.717, 1.165) is 4.90 Å². The molecule has 2 amide bonds. The SMILES string of the molecule is C=C1C[C@]2(C(=O)N(C(=O)OC)c3cc(Cl)ccc32)C(C)(C)[C@@H]1C#N. The highest BCUT2D eigenvalue weighted by molar-refractivity contribution is 6.32. The van der Waals surface area contributed by atoms with E-state index in [2.05, 4.69) is 12.6 Å². The highest BCUT2D eigenvalue weighted by Gasteiger charge is 2.67. The molecule has 6 heteroatoms. The minimum absolute atomic E-state index is 0.319. The molecule has 2 aliphatic rings. The number of benzene rings is 1. The number of nitrogens with zero attached hydrogens (tertiary/aromatic N) is 2. The number of hydrogen-bond donors (Lipinski definition) is 0. The first-order chi connectivity index (χ1) is 11.2. The molecular formula is C18H17ClN2O3. The number of methoxy groups -OCH3 is 1. The highest BCUT2D eigenvalue weighted by Crippen LogP contribution is 2.64. The first-order valence-corrected chi connectivity index (χ1v) is 7.90. The molecule has 0 radical (unpaired) electrons. The lowest BCUT2D eigenvalue weighted by atomic mass is 9.62. The van der Waals surface area contributed by atoms with E-state index in [1.54, 1.807) is 18.2 Å². The van der Waals surface area contributed by atoms with Gasteiger partial charge in [0.05, 0.1) is 30.2 Å². The Morgan fingerprint density at radius 3 is 2.71 bits per heavy atom.